The van der Waals surface area contributed by atoms with Gasteiger partial charge in [0.1, 0.15) is 5.65 Å². The minimum atomic E-state index is 0.664. The highest BCUT2D eigenvalue weighted by Crippen LogP contribution is 2.42. The van der Waals surface area contributed by atoms with Crippen LogP contribution >= 0.6 is 0 Å². The van der Waals surface area contributed by atoms with Gasteiger partial charge >= 0.3 is 0 Å². The van der Waals surface area contributed by atoms with Crippen LogP contribution in [-0.4, -0.2) is 35.1 Å². The van der Waals surface area contributed by atoms with Crippen molar-refractivity contribution in [3.63, 3.8) is 0 Å². The number of nitrogens with zero attached hydrogens (tertiary/aromatic N) is 2. The van der Waals surface area contributed by atoms with Crippen LogP contribution in [0.4, 0.5) is 0 Å². The monoisotopic (exact) mass is 363 g/mol. The lowest BCUT2D eigenvalue weighted by Gasteiger charge is -2.38. The van der Waals surface area contributed by atoms with Gasteiger partial charge in [-0.3, -0.25) is 0 Å². The molecule has 5 heteroatoms. The number of pyridine rings is 1. The van der Waals surface area contributed by atoms with E-state index < -0.39 is 0 Å². The first kappa shape index (κ1) is 18.0. The molecule has 4 rings (SSSR count). The number of hydrogen-bond acceptors (Lipinski definition) is 4. The minimum absolute atomic E-state index is 0.664. The fourth-order valence-electron chi connectivity index (χ4n) is 4.77. The number of hydrogen-bond donors (Lipinski definition) is 3. The van der Waals surface area contributed by atoms with Crippen LogP contribution in [0, 0.1) is 11.8 Å². The zero-order chi connectivity index (χ0) is 19.0. The van der Waals surface area contributed by atoms with Crippen molar-refractivity contribution in [1.82, 2.24) is 20.3 Å². The smallest absolute Gasteiger partial charge is 0.137 e. The number of nitrogens with two attached hydrogens (primary N) is 1. The van der Waals surface area contributed by atoms with Gasteiger partial charge in [0, 0.05) is 48.2 Å². The van der Waals surface area contributed by atoms with Crippen molar-refractivity contribution < 1.29 is 0 Å². The van der Waals surface area contributed by atoms with Crippen molar-refractivity contribution in [3.8, 4) is 0 Å². The van der Waals surface area contributed by atoms with Crippen molar-refractivity contribution in [2.45, 2.75) is 31.7 Å². The van der Waals surface area contributed by atoms with Gasteiger partial charge in [-0.2, -0.15) is 0 Å². The molecule has 2 aliphatic carbocycles. The van der Waals surface area contributed by atoms with Crippen LogP contribution in [0.3, 0.4) is 0 Å². The van der Waals surface area contributed by atoms with E-state index in [0.717, 1.165) is 34.5 Å². The second kappa shape index (κ2) is 7.33. The van der Waals surface area contributed by atoms with E-state index >= 15 is 0 Å². The summed E-state index contributed by atoms with van der Waals surface area (Å²) in [6.45, 7) is 3.94. The lowest BCUT2D eigenvalue weighted by atomic mass is 9.70. The second-order valence-corrected chi connectivity index (χ2v) is 7.99. The predicted molar refractivity (Wildman–Crippen MR) is 112 cm³/mol. The average molecular weight is 364 g/mol. The first-order chi connectivity index (χ1) is 13.1. The lowest BCUT2D eigenvalue weighted by Crippen LogP contribution is -2.36. The number of allylic oxidation sites excluding steroid dienone is 4. The Labute approximate surface area is 161 Å². The maximum atomic E-state index is 5.81. The Hall–Kier alpha value is -2.37. The van der Waals surface area contributed by atoms with Crippen molar-refractivity contribution >= 4 is 22.2 Å². The fourth-order valence-corrected chi connectivity index (χ4v) is 4.77. The molecule has 0 saturated heterocycles. The molecule has 27 heavy (non-hydrogen) atoms. The summed E-state index contributed by atoms with van der Waals surface area (Å²) in [5.74, 6) is 7.27. The molecule has 3 atom stereocenters. The summed E-state index contributed by atoms with van der Waals surface area (Å²) in [5.41, 5.74) is 5.65. The van der Waals surface area contributed by atoms with Crippen molar-refractivity contribution in [3.05, 3.63) is 54.5 Å². The Morgan fingerprint density at radius 2 is 2.26 bits per heavy atom. The molecule has 2 aliphatic rings. The highest BCUT2D eigenvalue weighted by molar-refractivity contribution is 5.94. The third-order valence-corrected chi connectivity index (χ3v) is 5.97. The first-order valence-electron chi connectivity index (χ1n) is 9.75. The quantitative estimate of drug-likeness (QED) is 0.430. The molecule has 2 aromatic rings. The standard InChI is InChI=1S/C22H29N5/c1-4-16(13-27(3)23)21-12-26-22-20(21)10-18(11-25-22)17-6-14-5-15(7-17)9-19(8-14)24-2/h4,6,10-15,19,24H,1,5,7-9,23H2,2-3H3,(H,25,26)/b16-13+. The molecular formula is C22H29N5. The van der Waals surface area contributed by atoms with Crippen molar-refractivity contribution in [1.29, 1.82) is 0 Å². The van der Waals surface area contributed by atoms with Crippen LogP contribution in [0.1, 0.15) is 36.8 Å². The average Bonchev–Trinajstić information content (AvgIpc) is 3.08. The summed E-state index contributed by atoms with van der Waals surface area (Å²) in [7, 11) is 3.90. The Balaban J connectivity index is 1.71. The number of nitrogens with one attached hydrogen (secondary N) is 2. The van der Waals surface area contributed by atoms with E-state index in [1.54, 1.807) is 5.01 Å². The largest absolute Gasteiger partial charge is 0.346 e. The van der Waals surface area contributed by atoms with E-state index in [1.165, 1.54) is 30.4 Å². The van der Waals surface area contributed by atoms with Gasteiger partial charge < -0.3 is 15.3 Å². The van der Waals surface area contributed by atoms with Gasteiger partial charge in [-0.25, -0.2) is 10.8 Å². The summed E-state index contributed by atoms with van der Waals surface area (Å²) in [5, 5.41) is 6.14. The second-order valence-electron chi connectivity index (χ2n) is 7.99. The first-order valence-corrected chi connectivity index (χ1v) is 9.75. The van der Waals surface area contributed by atoms with E-state index in [9.17, 15) is 0 Å². The number of aromatic nitrogens is 2. The van der Waals surface area contributed by atoms with Crippen LogP contribution in [0.2, 0.25) is 0 Å². The Kier molecular flexibility index (Phi) is 4.89. The number of fused-ring (bicyclic) bond motifs is 3. The maximum absolute atomic E-state index is 5.81. The molecule has 0 aromatic carbocycles. The third-order valence-electron chi connectivity index (χ3n) is 5.97. The van der Waals surface area contributed by atoms with Crippen LogP contribution in [0.15, 0.2) is 43.4 Å². The van der Waals surface area contributed by atoms with E-state index in [-0.39, 0.29) is 0 Å². The molecule has 3 unspecified atom stereocenters. The topological polar surface area (TPSA) is 70.0 Å². The Bertz CT molecular complexity index is 905. The van der Waals surface area contributed by atoms with E-state index in [2.05, 4.69) is 41.1 Å². The molecule has 142 valence electrons. The summed E-state index contributed by atoms with van der Waals surface area (Å²) >= 11 is 0. The number of hydrazine groups is 1. The number of rotatable bonds is 5. The van der Waals surface area contributed by atoms with Gasteiger partial charge in [0.25, 0.3) is 0 Å². The zero-order valence-electron chi connectivity index (χ0n) is 16.2. The molecule has 1 saturated carbocycles. The summed E-state index contributed by atoms with van der Waals surface area (Å²) in [6, 6.07) is 2.93. The molecule has 1 fully saturated rings. The van der Waals surface area contributed by atoms with E-state index in [1.807, 2.05) is 31.7 Å². The van der Waals surface area contributed by atoms with Crippen LogP contribution < -0.4 is 11.2 Å². The van der Waals surface area contributed by atoms with E-state index in [0.29, 0.717) is 12.0 Å². The van der Waals surface area contributed by atoms with Gasteiger partial charge in [0.05, 0.1) is 0 Å². The third kappa shape index (κ3) is 3.57. The highest BCUT2D eigenvalue weighted by Gasteiger charge is 2.31. The van der Waals surface area contributed by atoms with Gasteiger partial charge in [0.15, 0.2) is 0 Å². The molecule has 5 nitrogen and oxygen atoms in total. The molecule has 0 spiro atoms. The minimum Gasteiger partial charge on any atom is -0.346 e. The van der Waals surface area contributed by atoms with Crippen molar-refractivity contribution in [2.24, 2.45) is 17.7 Å². The summed E-state index contributed by atoms with van der Waals surface area (Å²) in [4.78, 5) is 7.96. The molecule has 0 amide bonds. The normalized spacial score (nSPS) is 25.4. The molecule has 0 radical (unpaired) electrons. The van der Waals surface area contributed by atoms with Crippen molar-refractivity contribution in [2.75, 3.05) is 14.1 Å². The summed E-state index contributed by atoms with van der Waals surface area (Å²) < 4.78 is 0. The van der Waals surface area contributed by atoms with Crippen LogP contribution in [-0.2, 0) is 0 Å². The molecule has 2 bridgehead atoms. The van der Waals surface area contributed by atoms with Gasteiger partial charge in [-0.05, 0) is 61.8 Å². The van der Waals surface area contributed by atoms with Gasteiger partial charge in [-0.1, -0.05) is 18.7 Å². The predicted octanol–water partition coefficient (Wildman–Crippen LogP) is 3.69. The van der Waals surface area contributed by atoms with Crippen LogP contribution in [0.25, 0.3) is 22.2 Å². The highest BCUT2D eigenvalue weighted by atomic mass is 15.4. The maximum Gasteiger partial charge on any atom is 0.137 e. The molecule has 2 aromatic heterocycles. The molecular weight excluding hydrogens is 334 g/mol. The Morgan fingerprint density at radius 1 is 1.41 bits per heavy atom. The summed E-state index contributed by atoms with van der Waals surface area (Å²) in [6.07, 6.45) is 15.2. The fraction of sp³-hybridized carbons (Fsp3) is 0.409. The molecule has 2 heterocycles. The van der Waals surface area contributed by atoms with E-state index in [4.69, 9.17) is 5.84 Å². The number of H-pyrrole nitrogens is 1. The van der Waals surface area contributed by atoms with Gasteiger partial charge in [0.2, 0.25) is 0 Å². The van der Waals surface area contributed by atoms with Gasteiger partial charge in [-0.15, -0.1) is 0 Å². The Morgan fingerprint density at radius 3 is 2.96 bits per heavy atom. The van der Waals surface area contributed by atoms with Crippen LogP contribution in [0.5, 0.6) is 0 Å². The SMILES string of the molecule is C=C/C(=C\N(C)N)c1c[nH]c2ncc(C3=CC4CC(C3)CC(NC)C4)cc12. The molecule has 0 aliphatic heterocycles. The number of aromatic amines is 1. The molecule has 4 N–H and O–H groups in total. The zero-order valence-corrected chi connectivity index (χ0v) is 16.2. The lowest BCUT2D eigenvalue weighted by molar-refractivity contribution is 0.244.